The molecule has 2 aromatic rings. The molecule has 1 atom stereocenters. The lowest BCUT2D eigenvalue weighted by Crippen LogP contribution is -2.45. The predicted molar refractivity (Wildman–Crippen MR) is 103 cm³/mol. The Morgan fingerprint density at radius 1 is 1.23 bits per heavy atom. The molecule has 3 rings (SSSR count). The van der Waals surface area contributed by atoms with Gasteiger partial charge in [0.25, 0.3) is 5.91 Å². The van der Waals surface area contributed by atoms with Gasteiger partial charge in [-0.15, -0.1) is 0 Å². The first-order chi connectivity index (χ1) is 12.6. The summed E-state index contributed by atoms with van der Waals surface area (Å²) in [5.41, 5.74) is 2.39. The lowest BCUT2D eigenvalue weighted by molar-refractivity contribution is -0.137. The molecule has 1 aliphatic heterocycles. The average molecular weight is 374 g/mol. The van der Waals surface area contributed by atoms with Crippen molar-refractivity contribution in [2.24, 2.45) is 0 Å². The minimum absolute atomic E-state index is 0.0104. The molecule has 1 heterocycles. The van der Waals surface area contributed by atoms with Crippen molar-refractivity contribution in [1.82, 2.24) is 4.90 Å². The molecule has 1 saturated heterocycles. The fourth-order valence-corrected chi connectivity index (χ4v) is 3.21. The Morgan fingerprint density at radius 2 is 2.04 bits per heavy atom. The monoisotopic (exact) mass is 373 g/mol. The Hall–Kier alpha value is -2.04. The Bertz CT molecular complexity index is 732. The molecule has 4 nitrogen and oxygen atoms in total. The van der Waals surface area contributed by atoms with Crippen molar-refractivity contribution in [2.75, 3.05) is 19.7 Å². The summed E-state index contributed by atoms with van der Waals surface area (Å²) in [7, 11) is 0. The van der Waals surface area contributed by atoms with Crippen molar-refractivity contribution in [3.05, 3.63) is 64.7 Å². The van der Waals surface area contributed by atoms with Gasteiger partial charge < -0.3 is 14.4 Å². The van der Waals surface area contributed by atoms with E-state index in [1.54, 1.807) is 24.3 Å². The fourth-order valence-electron chi connectivity index (χ4n) is 3.08. The standard InChI is InChI=1S/C21H24ClNO3/c1-16-4-2-5-17(12-16)14-25-20-6-3-11-23(13-20)21(24)15-26-19-9-7-18(22)8-10-19/h2,4-5,7-10,12,20H,3,6,11,13-15H2,1H3. The number of likely N-dealkylation sites (tertiary alicyclic amines) is 1. The van der Waals surface area contributed by atoms with Crippen LogP contribution >= 0.6 is 11.6 Å². The maximum Gasteiger partial charge on any atom is 0.260 e. The summed E-state index contributed by atoms with van der Waals surface area (Å²) < 4.78 is 11.6. The second kappa shape index (κ2) is 9.06. The van der Waals surface area contributed by atoms with Crippen LogP contribution in [0.3, 0.4) is 0 Å². The molecule has 2 aromatic carbocycles. The zero-order chi connectivity index (χ0) is 18.4. The summed E-state index contributed by atoms with van der Waals surface area (Å²) in [4.78, 5) is 14.3. The molecule has 0 spiro atoms. The van der Waals surface area contributed by atoms with Crippen molar-refractivity contribution in [2.45, 2.75) is 32.5 Å². The maximum atomic E-state index is 12.4. The number of rotatable bonds is 6. The minimum atomic E-state index is -0.0104. The zero-order valence-electron chi connectivity index (χ0n) is 15.0. The summed E-state index contributed by atoms with van der Waals surface area (Å²) in [5, 5.41) is 0.647. The largest absolute Gasteiger partial charge is 0.484 e. The Kier molecular flexibility index (Phi) is 6.53. The first kappa shape index (κ1) is 18.7. The van der Waals surface area contributed by atoms with Crippen LogP contribution in [0.4, 0.5) is 0 Å². The predicted octanol–water partition coefficient (Wildman–Crippen LogP) is 4.24. The molecule has 0 saturated carbocycles. The maximum absolute atomic E-state index is 12.4. The summed E-state index contributed by atoms with van der Waals surface area (Å²) in [6, 6.07) is 15.3. The number of hydrogen-bond donors (Lipinski definition) is 0. The molecule has 1 aliphatic rings. The minimum Gasteiger partial charge on any atom is -0.484 e. The number of aryl methyl sites for hydroxylation is 1. The summed E-state index contributed by atoms with van der Waals surface area (Å²) >= 11 is 5.85. The number of halogens is 1. The van der Waals surface area contributed by atoms with Crippen LogP contribution in [-0.4, -0.2) is 36.6 Å². The average Bonchev–Trinajstić information content (AvgIpc) is 2.66. The highest BCUT2D eigenvalue weighted by Crippen LogP contribution is 2.18. The van der Waals surface area contributed by atoms with E-state index in [-0.39, 0.29) is 18.6 Å². The molecule has 0 N–H and O–H groups in total. The number of carbonyl (C=O) groups excluding carboxylic acids is 1. The van der Waals surface area contributed by atoms with Gasteiger partial charge >= 0.3 is 0 Å². The molecule has 5 heteroatoms. The molecule has 0 aliphatic carbocycles. The number of nitrogens with zero attached hydrogens (tertiary/aromatic N) is 1. The quantitative estimate of drug-likeness (QED) is 0.760. The van der Waals surface area contributed by atoms with Gasteiger partial charge in [-0.2, -0.15) is 0 Å². The second-order valence-corrected chi connectivity index (χ2v) is 7.08. The van der Waals surface area contributed by atoms with Gasteiger partial charge in [-0.05, 0) is 49.6 Å². The van der Waals surface area contributed by atoms with Crippen LogP contribution in [0.2, 0.25) is 5.02 Å². The first-order valence-corrected chi connectivity index (χ1v) is 9.31. The van der Waals surface area contributed by atoms with Crippen LogP contribution in [-0.2, 0) is 16.1 Å². The van der Waals surface area contributed by atoms with Gasteiger partial charge in [0.15, 0.2) is 6.61 Å². The van der Waals surface area contributed by atoms with E-state index in [4.69, 9.17) is 21.1 Å². The number of ether oxygens (including phenoxy) is 2. The van der Waals surface area contributed by atoms with Gasteiger partial charge in [-0.3, -0.25) is 4.79 Å². The third-order valence-corrected chi connectivity index (χ3v) is 4.73. The van der Waals surface area contributed by atoms with Crippen LogP contribution in [0.5, 0.6) is 5.75 Å². The van der Waals surface area contributed by atoms with E-state index >= 15 is 0 Å². The van der Waals surface area contributed by atoms with E-state index in [1.165, 1.54) is 11.1 Å². The number of hydrogen-bond acceptors (Lipinski definition) is 3. The first-order valence-electron chi connectivity index (χ1n) is 8.93. The SMILES string of the molecule is Cc1cccc(COC2CCCN(C(=O)COc3ccc(Cl)cc3)C2)c1. The molecule has 138 valence electrons. The highest BCUT2D eigenvalue weighted by atomic mass is 35.5. The Balaban J connectivity index is 1.46. The van der Waals surface area contributed by atoms with Crippen molar-refractivity contribution in [3.8, 4) is 5.75 Å². The molecule has 26 heavy (non-hydrogen) atoms. The summed E-state index contributed by atoms with van der Waals surface area (Å²) in [6.45, 7) is 4.06. The van der Waals surface area contributed by atoms with Crippen LogP contribution in [0, 0.1) is 6.92 Å². The number of piperidine rings is 1. The second-order valence-electron chi connectivity index (χ2n) is 6.65. The van der Waals surface area contributed by atoms with Gasteiger partial charge in [-0.25, -0.2) is 0 Å². The fraction of sp³-hybridized carbons (Fsp3) is 0.381. The van der Waals surface area contributed by atoms with Crippen molar-refractivity contribution >= 4 is 17.5 Å². The van der Waals surface area contributed by atoms with E-state index in [0.29, 0.717) is 23.9 Å². The van der Waals surface area contributed by atoms with Crippen molar-refractivity contribution in [3.63, 3.8) is 0 Å². The number of carbonyl (C=O) groups is 1. The van der Waals surface area contributed by atoms with Crippen LogP contribution in [0.15, 0.2) is 48.5 Å². The van der Waals surface area contributed by atoms with E-state index in [0.717, 1.165) is 19.4 Å². The van der Waals surface area contributed by atoms with Crippen molar-refractivity contribution in [1.29, 1.82) is 0 Å². The van der Waals surface area contributed by atoms with E-state index in [9.17, 15) is 4.79 Å². The topological polar surface area (TPSA) is 38.8 Å². The highest BCUT2D eigenvalue weighted by Gasteiger charge is 2.24. The Morgan fingerprint density at radius 3 is 2.81 bits per heavy atom. The van der Waals surface area contributed by atoms with Gasteiger partial charge in [0.05, 0.1) is 12.7 Å². The molecule has 1 amide bonds. The van der Waals surface area contributed by atoms with Crippen LogP contribution in [0.25, 0.3) is 0 Å². The van der Waals surface area contributed by atoms with Crippen LogP contribution in [0.1, 0.15) is 24.0 Å². The van der Waals surface area contributed by atoms with E-state index in [1.807, 2.05) is 11.0 Å². The molecule has 1 unspecified atom stereocenters. The third kappa shape index (κ3) is 5.48. The highest BCUT2D eigenvalue weighted by molar-refractivity contribution is 6.30. The van der Waals surface area contributed by atoms with Gasteiger partial charge in [0.2, 0.25) is 0 Å². The lowest BCUT2D eigenvalue weighted by atomic mass is 10.1. The van der Waals surface area contributed by atoms with Gasteiger partial charge in [0.1, 0.15) is 5.75 Å². The lowest BCUT2D eigenvalue weighted by Gasteiger charge is -2.32. The summed E-state index contributed by atoms with van der Waals surface area (Å²) in [6.07, 6.45) is 2.00. The number of benzene rings is 2. The number of amides is 1. The smallest absolute Gasteiger partial charge is 0.260 e. The molecular weight excluding hydrogens is 350 g/mol. The van der Waals surface area contributed by atoms with E-state index in [2.05, 4.69) is 25.1 Å². The van der Waals surface area contributed by atoms with Gasteiger partial charge in [-0.1, -0.05) is 41.4 Å². The molecule has 0 bridgehead atoms. The Labute approximate surface area is 159 Å². The molecular formula is C21H24ClNO3. The van der Waals surface area contributed by atoms with E-state index < -0.39 is 0 Å². The van der Waals surface area contributed by atoms with Crippen LogP contribution < -0.4 is 4.74 Å². The normalized spacial score (nSPS) is 17.2. The summed E-state index contributed by atoms with van der Waals surface area (Å²) in [5.74, 6) is 0.635. The molecule has 1 fully saturated rings. The third-order valence-electron chi connectivity index (χ3n) is 4.47. The molecule has 0 aromatic heterocycles. The van der Waals surface area contributed by atoms with Crippen molar-refractivity contribution < 1.29 is 14.3 Å². The zero-order valence-corrected chi connectivity index (χ0v) is 15.7. The van der Waals surface area contributed by atoms with Gasteiger partial charge in [0, 0.05) is 18.1 Å². The molecule has 0 radical (unpaired) electrons.